The van der Waals surface area contributed by atoms with E-state index >= 15 is 0 Å². The standard InChI is InChI=1S/C11H21N5/c1-4-11(15-9-13-5-2)16(12-3)10-6-7-14-8-10/h9-10,14H,3-8H2,1-2H3/t10-/m1/s1. The first-order valence-electron chi connectivity index (χ1n) is 5.85. The molecule has 0 radical (unpaired) electrons. The van der Waals surface area contributed by atoms with Gasteiger partial charge in [-0.3, -0.25) is 4.99 Å². The van der Waals surface area contributed by atoms with E-state index in [9.17, 15) is 0 Å². The van der Waals surface area contributed by atoms with E-state index < -0.39 is 0 Å². The molecular weight excluding hydrogens is 202 g/mol. The number of nitrogens with one attached hydrogen (secondary N) is 1. The molecule has 0 unspecified atom stereocenters. The van der Waals surface area contributed by atoms with Crippen molar-refractivity contribution in [2.75, 3.05) is 19.6 Å². The van der Waals surface area contributed by atoms with E-state index in [1.807, 2.05) is 11.9 Å². The summed E-state index contributed by atoms with van der Waals surface area (Å²) >= 11 is 0. The summed E-state index contributed by atoms with van der Waals surface area (Å²) in [6.07, 6.45) is 3.54. The van der Waals surface area contributed by atoms with Gasteiger partial charge in [0.2, 0.25) is 0 Å². The van der Waals surface area contributed by atoms with Crippen LogP contribution in [0.15, 0.2) is 15.1 Å². The molecule has 90 valence electrons. The van der Waals surface area contributed by atoms with Crippen LogP contribution in [0, 0.1) is 0 Å². The van der Waals surface area contributed by atoms with Crippen LogP contribution in [0.1, 0.15) is 26.7 Å². The molecule has 1 N–H and O–H groups in total. The zero-order chi connectivity index (χ0) is 11.8. The van der Waals surface area contributed by atoms with Crippen molar-refractivity contribution in [1.82, 2.24) is 10.3 Å². The van der Waals surface area contributed by atoms with Crippen LogP contribution in [-0.2, 0) is 0 Å². The van der Waals surface area contributed by atoms with Gasteiger partial charge < -0.3 is 5.32 Å². The lowest BCUT2D eigenvalue weighted by Crippen LogP contribution is -2.37. The number of hydrazone groups is 1. The molecule has 0 aromatic rings. The Morgan fingerprint density at radius 3 is 2.88 bits per heavy atom. The van der Waals surface area contributed by atoms with E-state index in [2.05, 4.69) is 34.0 Å². The first kappa shape index (κ1) is 12.8. The second-order valence-corrected chi connectivity index (χ2v) is 3.65. The van der Waals surface area contributed by atoms with Crippen molar-refractivity contribution in [1.29, 1.82) is 0 Å². The van der Waals surface area contributed by atoms with Crippen LogP contribution in [0.4, 0.5) is 0 Å². The number of rotatable bonds is 5. The van der Waals surface area contributed by atoms with Crippen LogP contribution < -0.4 is 5.32 Å². The van der Waals surface area contributed by atoms with Gasteiger partial charge >= 0.3 is 0 Å². The molecule has 1 fully saturated rings. The normalized spacial score (nSPS) is 21.6. The Morgan fingerprint density at radius 2 is 2.38 bits per heavy atom. The Kier molecular flexibility index (Phi) is 5.71. The molecule has 0 saturated carbocycles. The minimum Gasteiger partial charge on any atom is -0.315 e. The highest BCUT2D eigenvalue weighted by Gasteiger charge is 2.23. The van der Waals surface area contributed by atoms with E-state index in [-0.39, 0.29) is 0 Å². The lowest BCUT2D eigenvalue weighted by molar-refractivity contribution is 0.342. The van der Waals surface area contributed by atoms with Crippen molar-refractivity contribution in [2.45, 2.75) is 32.7 Å². The summed E-state index contributed by atoms with van der Waals surface area (Å²) in [4.78, 5) is 8.42. The predicted octanol–water partition coefficient (Wildman–Crippen LogP) is 1.12. The van der Waals surface area contributed by atoms with Crippen molar-refractivity contribution in [3.8, 4) is 0 Å². The third-order valence-corrected chi connectivity index (χ3v) is 2.58. The van der Waals surface area contributed by atoms with Gasteiger partial charge in [-0.25, -0.2) is 10.0 Å². The molecular formula is C11H21N5. The van der Waals surface area contributed by atoms with Crippen LogP contribution in [-0.4, -0.2) is 49.6 Å². The molecule has 0 amide bonds. The minimum absolute atomic E-state index is 0.381. The van der Waals surface area contributed by atoms with Crippen molar-refractivity contribution < 1.29 is 0 Å². The first-order chi connectivity index (χ1) is 7.83. The van der Waals surface area contributed by atoms with Gasteiger partial charge in [-0.05, 0) is 19.9 Å². The average Bonchev–Trinajstić information content (AvgIpc) is 2.82. The first-order valence-corrected chi connectivity index (χ1v) is 5.85. The highest BCUT2D eigenvalue weighted by Crippen LogP contribution is 2.11. The number of nitrogens with zero attached hydrogens (tertiary/aromatic N) is 4. The van der Waals surface area contributed by atoms with Crippen molar-refractivity contribution in [3.63, 3.8) is 0 Å². The Labute approximate surface area is 97.3 Å². The molecule has 1 aliphatic heterocycles. The molecule has 5 nitrogen and oxygen atoms in total. The maximum absolute atomic E-state index is 4.34. The monoisotopic (exact) mass is 223 g/mol. The summed E-state index contributed by atoms with van der Waals surface area (Å²) < 4.78 is 0. The third-order valence-electron chi connectivity index (χ3n) is 2.58. The summed E-state index contributed by atoms with van der Waals surface area (Å²) in [5, 5.41) is 9.30. The average molecular weight is 223 g/mol. The third kappa shape index (κ3) is 3.41. The second kappa shape index (κ2) is 7.11. The molecule has 0 bridgehead atoms. The minimum atomic E-state index is 0.381. The van der Waals surface area contributed by atoms with Gasteiger partial charge in [0.25, 0.3) is 0 Å². The highest BCUT2D eigenvalue weighted by molar-refractivity contribution is 5.88. The Balaban J connectivity index is 2.70. The molecule has 0 aromatic carbocycles. The van der Waals surface area contributed by atoms with Gasteiger partial charge in [-0.1, -0.05) is 6.92 Å². The SMILES string of the molecule is C=NN(C(CC)=NC=NCC)[C@@H]1CCNC1. The maximum atomic E-state index is 4.34. The van der Waals surface area contributed by atoms with E-state index in [4.69, 9.17) is 0 Å². The summed E-state index contributed by atoms with van der Waals surface area (Å²) in [5.41, 5.74) is 0. The smallest absolute Gasteiger partial charge is 0.126 e. The number of aliphatic imine (C=N–C) groups is 2. The lowest BCUT2D eigenvalue weighted by Gasteiger charge is -2.25. The van der Waals surface area contributed by atoms with Gasteiger partial charge in [0.1, 0.15) is 12.2 Å². The molecule has 1 heterocycles. The Hall–Kier alpha value is -1.23. The van der Waals surface area contributed by atoms with Crippen LogP contribution >= 0.6 is 0 Å². The van der Waals surface area contributed by atoms with E-state index in [0.717, 1.165) is 38.3 Å². The molecule has 0 aliphatic carbocycles. The van der Waals surface area contributed by atoms with Crippen molar-refractivity contribution in [2.24, 2.45) is 15.1 Å². The summed E-state index contributed by atoms with van der Waals surface area (Å²) in [5.74, 6) is 0.931. The fraction of sp³-hybridized carbons (Fsp3) is 0.727. The van der Waals surface area contributed by atoms with E-state index in [1.165, 1.54) is 0 Å². The fourth-order valence-corrected chi connectivity index (χ4v) is 1.76. The van der Waals surface area contributed by atoms with Crippen molar-refractivity contribution >= 4 is 18.9 Å². The Bertz CT molecular complexity index is 266. The fourth-order valence-electron chi connectivity index (χ4n) is 1.76. The lowest BCUT2D eigenvalue weighted by atomic mass is 10.2. The molecule has 1 aliphatic rings. The molecule has 0 spiro atoms. The van der Waals surface area contributed by atoms with Gasteiger partial charge in [0.05, 0.1) is 6.04 Å². The van der Waals surface area contributed by atoms with Gasteiger partial charge in [-0.2, -0.15) is 5.10 Å². The summed E-state index contributed by atoms with van der Waals surface area (Å²) in [6.45, 7) is 10.4. The number of hydrogen-bond donors (Lipinski definition) is 1. The topological polar surface area (TPSA) is 52.4 Å². The van der Waals surface area contributed by atoms with Crippen LogP contribution in [0.2, 0.25) is 0 Å². The van der Waals surface area contributed by atoms with E-state index in [1.54, 1.807) is 6.34 Å². The largest absolute Gasteiger partial charge is 0.315 e. The van der Waals surface area contributed by atoms with E-state index in [0.29, 0.717) is 6.04 Å². The molecule has 0 aromatic heterocycles. The molecule has 16 heavy (non-hydrogen) atoms. The van der Waals surface area contributed by atoms with Gasteiger partial charge in [-0.15, -0.1) is 0 Å². The quantitative estimate of drug-likeness (QED) is 0.431. The van der Waals surface area contributed by atoms with Gasteiger partial charge in [0.15, 0.2) is 0 Å². The summed E-state index contributed by atoms with van der Waals surface area (Å²) in [7, 11) is 0. The van der Waals surface area contributed by atoms with Gasteiger partial charge in [0, 0.05) is 26.2 Å². The molecule has 1 saturated heterocycles. The van der Waals surface area contributed by atoms with Crippen LogP contribution in [0.5, 0.6) is 0 Å². The van der Waals surface area contributed by atoms with Crippen LogP contribution in [0.25, 0.3) is 0 Å². The zero-order valence-corrected chi connectivity index (χ0v) is 10.2. The second-order valence-electron chi connectivity index (χ2n) is 3.65. The number of hydrogen-bond acceptors (Lipinski definition) is 3. The molecule has 1 rings (SSSR count). The van der Waals surface area contributed by atoms with Crippen molar-refractivity contribution in [3.05, 3.63) is 0 Å². The summed E-state index contributed by atoms with van der Waals surface area (Å²) in [6, 6.07) is 0.381. The molecule has 1 atom stereocenters. The number of amidine groups is 1. The Morgan fingerprint density at radius 1 is 1.56 bits per heavy atom. The predicted molar refractivity (Wildman–Crippen MR) is 69.4 cm³/mol. The highest BCUT2D eigenvalue weighted by atomic mass is 15.5. The maximum Gasteiger partial charge on any atom is 0.126 e. The molecule has 5 heteroatoms. The zero-order valence-electron chi connectivity index (χ0n) is 10.2. The van der Waals surface area contributed by atoms with Crippen LogP contribution in [0.3, 0.4) is 0 Å².